The minimum atomic E-state index is -0.0296. The van der Waals surface area contributed by atoms with Gasteiger partial charge in [0.2, 0.25) is 0 Å². The van der Waals surface area contributed by atoms with Gasteiger partial charge in [-0.1, -0.05) is 118 Å². The quantitative estimate of drug-likeness (QED) is 0.105. The van der Waals surface area contributed by atoms with Gasteiger partial charge in [0.25, 0.3) is 0 Å². The Hall–Kier alpha value is -1.06. The topological polar surface area (TPSA) is 52.6 Å². The van der Waals surface area contributed by atoms with Gasteiger partial charge in [0.05, 0.1) is 19.1 Å². The highest BCUT2D eigenvalue weighted by Crippen LogP contribution is 2.21. The predicted molar refractivity (Wildman–Crippen MR) is 139 cm³/mol. The van der Waals surface area contributed by atoms with Crippen molar-refractivity contribution in [1.29, 1.82) is 0 Å². The molecule has 0 bridgehead atoms. The van der Waals surface area contributed by atoms with Crippen LogP contribution in [-0.4, -0.2) is 25.2 Å². The second kappa shape index (κ2) is 24.1. The summed E-state index contributed by atoms with van der Waals surface area (Å²) < 4.78 is 10.9. The van der Waals surface area contributed by atoms with Gasteiger partial charge in [-0.05, 0) is 31.6 Å². The van der Waals surface area contributed by atoms with E-state index in [1.54, 1.807) is 0 Å². The minimum absolute atomic E-state index is 0.00772. The van der Waals surface area contributed by atoms with E-state index in [4.69, 9.17) is 9.47 Å². The first kappa shape index (κ1) is 31.9. The van der Waals surface area contributed by atoms with E-state index >= 15 is 0 Å². The fraction of sp³-hybridized carbons (Fsp3) is 0.931. The molecule has 0 amide bonds. The molecular weight excluding hydrogens is 412 g/mol. The molecule has 0 radical (unpaired) electrons. The number of carbonyl (C=O) groups excluding carboxylic acids is 2. The number of unbranched alkanes of at least 4 members (excludes halogenated alkanes) is 14. The van der Waals surface area contributed by atoms with E-state index in [-0.39, 0.29) is 17.9 Å². The van der Waals surface area contributed by atoms with Crippen molar-refractivity contribution >= 4 is 11.9 Å². The molecular formula is C29H56O4. The molecule has 0 aliphatic heterocycles. The van der Waals surface area contributed by atoms with E-state index < -0.39 is 0 Å². The molecule has 0 N–H and O–H groups in total. The summed E-state index contributed by atoms with van der Waals surface area (Å²) in [6.07, 6.45) is 21.2. The van der Waals surface area contributed by atoms with E-state index in [2.05, 4.69) is 27.7 Å². The molecule has 0 aliphatic carbocycles. The lowest BCUT2D eigenvalue weighted by Gasteiger charge is -2.19. The molecule has 1 atom stereocenters. The molecule has 196 valence electrons. The number of rotatable bonds is 24. The molecule has 0 heterocycles. The van der Waals surface area contributed by atoms with Crippen molar-refractivity contribution in [2.75, 3.05) is 13.2 Å². The minimum Gasteiger partial charge on any atom is -0.466 e. The van der Waals surface area contributed by atoms with Crippen LogP contribution in [0, 0.1) is 11.8 Å². The number of esters is 2. The zero-order valence-electron chi connectivity index (χ0n) is 22.6. The molecule has 0 aromatic rings. The van der Waals surface area contributed by atoms with Crippen molar-refractivity contribution in [3.05, 3.63) is 0 Å². The Kier molecular flexibility index (Phi) is 23.3. The Morgan fingerprint density at radius 3 is 1.58 bits per heavy atom. The van der Waals surface area contributed by atoms with Gasteiger partial charge in [0, 0.05) is 6.42 Å². The lowest BCUT2D eigenvalue weighted by Crippen LogP contribution is -2.23. The Balaban J connectivity index is 3.62. The van der Waals surface area contributed by atoms with Gasteiger partial charge in [-0.15, -0.1) is 0 Å². The van der Waals surface area contributed by atoms with E-state index in [0.717, 1.165) is 44.9 Å². The maximum atomic E-state index is 12.4. The smallest absolute Gasteiger partial charge is 0.309 e. The zero-order chi connectivity index (χ0) is 24.6. The van der Waals surface area contributed by atoms with Gasteiger partial charge in [-0.3, -0.25) is 9.59 Å². The first-order chi connectivity index (χ1) is 16.0. The van der Waals surface area contributed by atoms with Crippen LogP contribution in [0.15, 0.2) is 0 Å². The Morgan fingerprint density at radius 2 is 1.03 bits per heavy atom. The van der Waals surface area contributed by atoms with Crippen molar-refractivity contribution in [3.8, 4) is 0 Å². The lowest BCUT2D eigenvalue weighted by atomic mass is 9.90. The van der Waals surface area contributed by atoms with Crippen LogP contribution >= 0.6 is 0 Å². The molecule has 33 heavy (non-hydrogen) atoms. The average molecular weight is 469 g/mol. The fourth-order valence-corrected chi connectivity index (χ4v) is 4.19. The fourth-order valence-electron chi connectivity index (χ4n) is 4.19. The molecule has 0 aromatic carbocycles. The SMILES string of the molecule is CCCCCCCOC(=O)CCCCCCCCCC(C(=O)OCCCCCCC)C(C)C. The second-order valence-corrected chi connectivity index (χ2v) is 10.1. The molecule has 0 aliphatic rings. The predicted octanol–water partition coefficient (Wildman–Crippen LogP) is 8.80. The number of hydrogen-bond donors (Lipinski definition) is 0. The van der Waals surface area contributed by atoms with Gasteiger partial charge < -0.3 is 9.47 Å². The number of hydrogen-bond acceptors (Lipinski definition) is 4. The summed E-state index contributed by atoms with van der Waals surface area (Å²) in [5.41, 5.74) is 0. The summed E-state index contributed by atoms with van der Waals surface area (Å²) in [7, 11) is 0. The van der Waals surface area contributed by atoms with Crippen molar-refractivity contribution in [2.45, 2.75) is 150 Å². The molecule has 0 fully saturated rings. The van der Waals surface area contributed by atoms with Crippen molar-refractivity contribution in [1.82, 2.24) is 0 Å². The van der Waals surface area contributed by atoms with Gasteiger partial charge >= 0.3 is 11.9 Å². The van der Waals surface area contributed by atoms with Crippen LogP contribution in [0.3, 0.4) is 0 Å². The Labute approximate surface area is 206 Å². The molecule has 0 rings (SSSR count). The summed E-state index contributed by atoms with van der Waals surface area (Å²) >= 11 is 0. The maximum Gasteiger partial charge on any atom is 0.309 e. The first-order valence-electron chi connectivity index (χ1n) is 14.3. The van der Waals surface area contributed by atoms with E-state index in [1.807, 2.05) is 0 Å². The lowest BCUT2D eigenvalue weighted by molar-refractivity contribution is -0.150. The summed E-state index contributed by atoms with van der Waals surface area (Å²) in [4.78, 5) is 24.2. The van der Waals surface area contributed by atoms with Gasteiger partial charge in [-0.2, -0.15) is 0 Å². The van der Waals surface area contributed by atoms with Gasteiger partial charge in [-0.25, -0.2) is 0 Å². The third-order valence-corrected chi connectivity index (χ3v) is 6.51. The average Bonchev–Trinajstić information content (AvgIpc) is 2.79. The molecule has 1 unspecified atom stereocenters. The molecule has 0 saturated heterocycles. The molecule has 4 nitrogen and oxygen atoms in total. The summed E-state index contributed by atoms with van der Waals surface area (Å²) in [5, 5.41) is 0. The van der Waals surface area contributed by atoms with Crippen molar-refractivity contribution in [3.63, 3.8) is 0 Å². The van der Waals surface area contributed by atoms with Gasteiger partial charge in [0.15, 0.2) is 0 Å². The highest BCUT2D eigenvalue weighted by atomic mass is 16.5. The standard InChI is InChI=1S/C29H56O4/c1-5-7-9-16-20-24-32-28(30)23-19-15-13-11-12-14-18-22-27(26(3)4)29(31)33-25-21-17-10-8-6-2/h26-27H,5-25H2,1-4H3. The van der Waals surface area contributed by atoms with Crippen LogP contribution < -0.4 is 0 Å². The Morgan fingerprint density at radius 1 is 0.576 bits per heavy atom. The van der Waals surface area contributed by atoms with Crippen molar-refractivity contribution < 1.29 is 19.1 Å². The highest BCUT2D eigenvalue weighted by molar-refractivity contribution is 5.72. The monoisotopic (exact) mass is 468 g/mol. The zero-order valence-corrected chi connectivity index (χ0v) is 22.6. The number of ether oxygens (including phenoxy) is 2. The maximum absolute atomic E-state index is 12.4. The normalized spacial score (nSPS) is 12.2. The summed E-state index contributed by atoms with van der Waals surface area (Å²) in [6, 6.07) is 0. The van der Waals surface area contributed by atoms with Crippen LogP contribution in [-0.2, 0) is 19.1 Å². The highest BCUT2D eigenvalue weighted by Gasteiger charge is 2.23. The molecule has 0 aromatic heterocycles. The van der Waals surface area contributed by atoms with Crippen LogP contribution in [0.5, 0.6) is 0 Å². The van der Waals surface area contributed by atoms with Crippen LogP contribution in [0.4, 0.5) is 0 Å². The van der Waals surface area contributed by atoms with Crippen LogP contribution in [0.25, 0.3) is 0 Å². The van der Waals surface area contributed by atoms with Crippen LogP contribution in [0.2, 0.25) is 0 Å². The first-order valence-corrected chi connectivity index (χ1v) is 14.3. The van der Waals surface area contributed by atoms with Crippen LogP contribution in [0.1, 0.15) is 150 Å². The second-order valence-electron chi connectivity index (χ2n) is 10.1. The summed E-state index contributed by atoms with van der Waals surface area (Å²) in [5.74, 6) is 0.360. The molecule has 4 heteroatoms. The van der Waals surface area contributed by atoms with E-state index in [9.17, 15) is 9.59 Å². The molecule has 0 spiro atoms. The van der Waals surface area contributed by atoms with Gasteiger partial charge in [0.1, 0.15) is 0 Å². The Bertz CT molecular complexity index is 447. The number of carbonyl (C=O) groups is 2. The van der Waals surface area contributed by atoms with E-state index in [1.165, 1.54) is 70.6 Å². The third-order valence-electron chi connectivity index (χ3n) is 6.51. The van der Waals surface area contributed by atoms with Crippen molar-refractivity contribution in [2.24, 2.45) is 11.8 Å². The largest absolute Gasteiger partial charge is 0.466 e. The molecule has 0 saturated carbocycles. The van der Waals surface area contributed by atoms with E-state index in [0.29, 0.717) is 25.6 Å². The summed E-state index contributed by atoms with van der Waals surface area (Å²) in [6.45, 7) is 9.85. The third kappa shape index (κ3) is 21.2.